The third-order valence-corrected chi connectivity index (χ3v) is 4.29. The van der Waals surface area contributed by atoms with Gasteiger partial charge >= 0.3 is 0 Å². The second kappa shape index (κ2) is 8.39. The number of aryl methyl sites for hydroxylation is 1. The van der Waals surface area contributed by atoms with E-state index in [9.17, 15) is 0 Å². The lowest BCUT2D eigenvalue weighted by Crippen LogP contribution is -1.91. The van der Waals surface area contributed by atoms with Crippen LogP contribution in [-0.4, -0.2) is 9.97 Å². The van der Waals surface area contributed by atoms with Gasteiger partial charge in [0.2, 0.25) is 0 Å². The van der Waals surface area contributed by atoms with Crippen molar-refractivity contribution in [3.8, 4) is 22.5 Å². The Morgan fingerprint density at radius 3 is 2.04 bits per heavy atom. The Kier molecular flexibility index (Phi) is 5.73. The Morgan fingerprint density at radius 1 is 0.667 bits per heavy atom. The number of unbranched alkanes of at least 4 members (excludes halogenated alkanes) is 3. The van der Waals surface area contributed by atoms with Crippen LogP contribution in [0.15, 0.2) is 67.0 Å². The van der Waals surface area contributed by atoms with Crippen LogP contribution in [0.4, 0.5) is 0 Å². The van der Waals surface area contributed by atoms with Crippen molar-refractivity contribution in [3.05, 3.63) is 72.6 Å². The van der Waals surface area contributed by atoms with Crippen LogP contribution in [0.3, 0.4) is 0 Å². The van der Waals surface area contributed by atoms with Crippen LogP contribution < -0.4 is 0 Å². The Morgan fingerprint density at radius 2 is 1.38 bits per heavy atom. The third-order valence-electron chi connectivity index (χ3n) is 4.29. The second-order valence-corrected chi connectivity index (χ2v) is 6.17. The van der Waals surface area contributed by atoms with Crippen LogP contribution >= 0.6 is 0 Å². The van der Waals surface area contributed by atoms with Crippen molar-refractivity contribution in [2.24, 2.45) is 0 Å². The van der Waals surface area contributed by atoms with E-state index in [1.165, 1.54) is 31.2 Å². The van der Waals surface area contributed by atoms with Gasteiger partial charge in [0.25, 0.3) is 0 Å². The molecule has 3 aromatic rings. The van der Waals surface area contributed by atoms with E-state index in [2.05, 4.69) is 53.3 Å². The predicted molar refractivity (Wildman–Crippen MR) is 101 cm³/mol. The number of hydrogen-bond acceptors (Lipinski definition) is 2. The summed E-state index contributed by atoms with van der Waals surface area (Å²) in [5, 5.41) is 0. The van der Waals surface area contributed by atoms with E-state index in [4.69, 9.17) is 0 Å². The van der Waals surface area contributed by atoms with Crippen molar-refractivity contribution in [2.75, 3.05) is 0 Å². The van der Waals surface area contributed by atoms with E-state index in [1.54, 1.807) is 0 Å². The van der Waals surface area contributed by atoms with Gasteiger partial charge in [0.1, 0.15) is 0 Å². The van der Waals surface area contributed by atoms with Crippen molar-refractivity contribution in [1.82, 2.24) is 9.97 Å². The van der Waals surface area contributed by atoms with Crippen LogP contribution in [0.25, 0.3) is 22.5 Å². The summed E-state index contributed by atoms with van der Waals surface area (Å²) in [6.45, 7) is 2.25. The van der Waals surface area contributed by atoms with Crippen molar-refractivity contribution < 1.29 is 0 Å². The maximum Gasteiger partial charge on any atom is 0.159 e. The molecule has 0 amide bonds. The van der Waals surface area contributed by atoms with Gasteiger partial charge in [-0.3, -0.25) is 0 Å². The first kappa shape index (κ1) is 16.4. The molecule has 0 bridgehead atoms. The lowest BCUT2D eigenvalue weighted by molar-refractivity contribution is 0.667. The summed E-state index contributed by atoms with van der Waals surface area (Å²) in [7, 11) is 0. The second-order valence-electron chi connectivity index (χ2n) is 6.17. The normalized spacial score (nSPS) is 10.7. The minimum atomic E-state index is 0.784. The topological polar surface area (TPSA) is 25.8 Å². The minimum absolute atomic E-state index is 0.784. The molecule has 1 aromatic heterocycles. The molecule has 2 heteroatoms. The largest absolute Gasteiger partial charge is 0.236 e. The minimum Gasteiger partial charge on any atom is -0.236 e. The Hall–Kier alpha value is -2.48. The summed E-state index contributed by atoms with van der Waals surface area (Å²) >= 11 is 0. The third kappa shape index (κ3) is 4.29. The van der Waals surface area contributed by atoms with Gasteiger partial charge in [0, 0.05) is 23.5 Å². The Bertz CT molecular complexity index is 731. The maximum absolute atomic E-state index is 4.53. The molecular formula is C22H24N2. The molecule has 2 aromatic carbocycles. The summed E-state index contributed by atoms with van der Waals surface area (Å²) < 4.78 is 0. The van der Waals surface area contributed by atoms with Gasteiger partial charge in [0.15, 0.2) is 5.82 Å². The first-order valence-corrected chi connectivity index (χ1v) is 8.83. The average Bonchev–Trinajstić information content (AvgIpc) is 2.67. The van der Waals surface area contributed by atoms with Crippen LogP contribution in [0.1, 0.15) is 38.2 Å². The average molecular weight is 316 g/mol. The summed E-state index contributed by atoms with van der Waals surface area (Å²) in [5.74, 6) is 0.784. The predicted octanol–water partition coefficient (Wildman–Crippen LogP) is 5.93. The lowest BCUT2D eigenvalue weighted by Gasteiger charge is -2.05. The number of hydrogen-bond donors (Lipinski definition) is 0. The molecule has 122 valence electrons. The first-order chi connectivity index (χ1) is 11.9. The maximum atomic E-state index is 4.53. The molecule has 0 saturated carbocycles. The highest BCUT2D eigenvalue weighted by Crippen LogP contribution is 2.21. The zero-order valence-corrected chi connectivity index (χ0v) is 14.3. The van der Waals surface area contributed by atoms with E-state index >= 15 is 0 Å². The van der Waals surface area contributed by atoms with E-state index in [-0.39, 0.29) is 0 Å². The molecule has 0 saturated heterocycles. The van der Waals surface area contributed by atoms with Crippen LogP contribution in [0, 0.1) is 0 Å². The van der Waals surface area contributed by atoms with Gasteiger partial charge in [-0.25, -0.2) is 9.97 Å². The molecule has 24 heavy (non-hydrogen) atoms. The molecule has 0 aliphatic heterocycles. The number of rotatable bonds is 7. The Labute approximate surface area is 144 Å². The molecule has 2 nitrogen and oxygen atoms in total. The summed E-state index contributed by atoms with van der Waals surface area (Å²) in [4.78, 5) is 9.06. The van der Waals surface area contributed by atoms with Gasteiger partial charge in [-0.2, -0.15) is 0 Å². The van der Waals surface area contributed by atoms with Crippen molar-refractivity contribution in [1.29, 1.82) is 0 Å². The van der Waals surface area contributed by atoms with Gasteiger partial charge in [0.05, 0.1) is 0 Å². The van der Waals surface area contributed by atoms with Gasteiger partial charge in [-0.05, 0) is 24.0 Å². The summed E-state index contributed by atoms with van der Waals surface area (Å²) in [6, 6.07) is 18.9. The highest BCUT2D eigenvalue weighted by molar-refractivity contribution is 5.63. The number of aromatic nitrogens is 2. The fourth-order valence-electron chi connectivity index (χ4n) is 2.83. The standard InChI is InChI=1S/C22H24N2/c1-2-3-4-6-9-18-12-14-20(15-13-18)22-23-16-21(17-24-22)19-10-7-5-8-11-19/h5,7-8,10-17H,2-4,6,9H2,1H3. The summed E-state index contributed by atoms with van der Waals surface area (Å²) in [6.07, 6.45) is 10.2. The van der Waals surface area contributed by atoms with Crippen molar-refractivity contribution >= 4 is 0 Å². The van der Waals surface area contributed by atoms with Crippen molar-refractivity contribution in [2.45, 2.75) is 39.0 Å². The quantitative estimate of drug-likeness (QED) is 0.505. The molecule has 0 unspecified atom stereocenters. The molecule has 0 N–H and O–H groups in total. The van der Waals surface area contributed by atoms with Crippen molar-refractivity contribution in [3.63, 3.8) is 0 Å². The highest BCUT2D eigenvalue weighted by Gasteiger charge is 2.03. The molecule has 0 aliphatic rings. The number of nitrogens with zero attached hydrogens (tertiary/aromatic N) is 2. The zero-order valence-electron chi connectivity index (χ0n) is 14.3. The highest BCUT2D eigenvalue weighted by atomic mass is 14.9. The van der Waals surface area contributed by atoms with E-state index in [0.29, 0.717) is 0 Å². The Balaban J connectivity index is 1.66. The first-order valence-electron chi connectivity index (χ1n) is 8.83. The summed E-state index contributed by atoms with van der Waals surface area (Å²) in [5.41, 5.74) is 4.67. The van der Waals surface area contributed by atoms with E-state index in [1.807, 2.05) is 30.6 Å². The fraction of sp³-hybridized carbons (Fsp3) is 0.273. The van der Waals surface area contributed by atoms with Crippen LogP contribution in [0.5, 0.6) is 0 Å². The molecule has 0 spiro atoms. The van der Waals surface area contributed by atoms with Gasteiger partial charge in [-0.1, -0.05) is 80.8 Å². The molecule has 0 fully saturated rings. The smallest absolute Gasteiger partial charge is 0.159 e. The van der Waals surface area contributed by atoms with Gasteiger partial charge < -0.3 is 0 Å². The molecule has 0 atom stereocenters. The zero-order chi connectivity index (χ0) is 16.6. The molecular weight excluding hydrogens is 292 g/mol. The van der Waals surface area contributed by atoms with Crippen LogP contribution in [-0.2, 0) is 6.42 Å². The molecule has 1 heterocycles. The SMILES string of the molecule is CCCCCCc1ccc(-c2ncc(-c3ccccc3)cn2)cc1. The van der Waals surface area contributed by atoms with E-state index in [0.717, 1.165) is 28.9 Å². The lowest BCUT2D eigenvalue weighted by atomic mass is 10.0. The van der Waals surface area contributed by atoms with Gasteiger partial charge in [-0.15, -0.1) is 0 Å². The van der Waals surface area contributed by atoms with E-state index < -0.39 is 0 Å². The molecule has 3 rings (SSSR count). The number of benzene rings is 2. The fourth-order valence-corrected chi connectivity index (χ4v) is 2.83. The monoisotopic (exact) mass is 316 g/mol. The van der Waals surface area contributed by atoms with Crippen LogP contribution in [0.2, 0.25) is 0 Å². The molecule has 0 radical (unpaired) electrons. The molecule has 0 aliphatic carbocycles.